The molecular formula is C12H17N5O2. The number of nitrogens with one attached hydrogen (secondary N) is 1. The molecule has 2 amide bonds. The van der Waals surface area contributed by atoms with E-state index in [1.807, 2.05) is 0 Å². The van der Waals surface area contributed by atoms with Gasteiger partial charge in [0.05, 0.1) is 5.69 Å². The van der Waals surface area contributed by atoms with Crippen LogP contribution in [-0.2, 0) is 4.79 Å². The summed E-state index contributed by atoms with van der Waals surface area (Å²) in [5.41, 5.74) is 11.6. The first kappa shape index (κ1) is 13.1. The Bertz CT molecular complexity index is 517. The number of amides is 2. The molecule has 1 aromatic heterocycles. The number of likely N-dealkylation sites (tertiary alicyclic amines) is 1. The molecule has 2 heterocycles. The number of rotatable bonds is 3. The number of piperidine rings is 1. The van der Waals surface area contributed by atoms with E-state index in [1.54, 1.807) is 18.0 Å². The minimum absolute atomic E-state index is 0.0700. The highest BCUT2D eigenvalue weighted by molar-refractivity contribution is 5.91. The number of hydrogen-bond acceptors (Lipinski definition) is 5. The van der Waals surface area contributed by atoms with Crippen molar-refractivity contribution in [3.05, 3.63) is 17.8 Å². The molecule has 5 N–H and O–H groups in total. The second-order valence-electron chi connectivity index (χ2n) is 4.65. The predicted octanol–water partition coefficient (Wildman–Crippen LogP) is -0.205. The van der Waals surface area contributed by atoms with Gasteiger partial charge in [-0.1, -0.05) is 0 Å². The number of carbonyl (C=O) groups is 2. The van der Waals surface area contributed by atoms with E-state index < -0.39 is 5.91 Å². The van der Waals surface area contributed by atoms with Gasteiger partial charge in [0, 0.05) is 26.1 Å². The van der Waals surface area contributed by atoms with Gasteiger partial charge in [-0.25, -0.2) is 4.98 Å². The summed E-state index contributed by atoms with van der Waals surface area (Å²) in [6.07, 6.45) is 1.20. The van der Waals surface area contributed by atoms with E-state index in [9.17, 15) is 9.59 Å². The summed E-state index contributed by atoms with van der Waals surface area (Å²) in [4.78, 5) is 28.2. The van der Waals surface area contributed by atoms with Crippen LogP contribution in [0.4, 0.5) is 11.5 Å². The second-order valence-corrected chi connectivity index (χ2v) is 4.65. The van der Waals surface area contributed by atoms with Crippen molar-refractivity contribution in [1.82, 2.24) is 9.88 Å². The maximum absolute atomic E-state index is 11.4. The molecule has 7 heteroatoms. The number of anilines is 2. The van der Waals surface area contributed by atoms with Crippen molar-refractivity contribution in [1.29, 1.82) is 0 Å². The van der Waals surface area contributed by atoms with Crippen LogP contribution in [0.15, 0.2) is 12.1 Å². The predicted molar refractivity (Wildman–Crippen MR) is 71.4 cm³/mol. The number of hydrogen-bond donors (Lipinski definition) is 3. The summed E-state index contributed by atoms with van der Waals surface area (Å²) >= 11 is 0. The van der Waals surface area contributed by atoms with Gasteiger partial charge in [-0.15, -0.1) is 0 Å². The molecule has 102 valence electrons. The van der Waals surface area contributed by atoms with Gasteiger partial charge in [-0.3, -0.25) is 9.59 Å². The molecule has 0 aliphatic carbocycles. The number of pyridine rings is 1. The molecule has 1 aliphatic rings. The summed E-state index contributed by atoms with van der Waals surface area (Å²) in [5, 5.41) is 3.16. The van der Waals surface area contributed by atoms with Gasteiger partial charge in [0.1, 0.15) is 11.5 Å². The number of nitrogens with two attached hydrogens (primary N) is 2. The normalized spacial score (nSPS) is 19.3. The van der Waals surface area contributed by atoms with Crippen LogP contribution < -0.4 is 16.8 Å². The molecule has 0 radical (unpaired) electrons. The van der Waals surface area contributed by atoms with Crippen molar-refractivity contribution >= 4 is 23.3 Å². The number of carbonyl (C=O) groups excluding carboxylic acids is 2. The third kappa shape index (κ3) is 2.93. The molecule has 7 nitrogen and oxygen atoms in total. The van der Waals surface area contributed by atoms with E-state index in [4.69, 9.17) is 11.5 Å². The molecule has 19 heavy (non-hydrogen) atoms. The quantitative estimate of drug-likeness (QED) is 0.698. The number of primary amides is 1. The molecule has 1 atom stereocenters. The molecule has 1 unspecified atom stereocenters. The summed E-state index contributed by atoms with van der Waals surface area (Å²) in [6.45, 7) is 0.584. The molecule has 1 saturated heterocycles. The lowest BCUT2D eigenvalue weighted by molar-refractivity contribution is -0.132. The molecule has 0 bridgehead atoms. The van der Waals surface area contributed by atoms with E-state index in [1.165, 1.54) is 6.07 Å². The molecule has 0 saturated carbocycles. The Hall–Kier alpha value is -2.31. The fraction of sp³-hybridized carbons (Fsp3) is 0.417. The third-order valence-electron chi connectivity index (χ3n) is 3.15. The van der Waals surface area contributed by atoms with E-state index in [-0.39, 0.29) is 17.6 Å². The Kier molecular flexibility index (Phi) is 3.55. The Labute approximate surface area is 111 Å². The summed E-state index contributed by atoms with van der Waals surface area (Å²) in [6, 6.07) is 3.15. The van der Waals surface area contributed by atoms with Crippen LogP contribution >= 0.6 is 0 Å². The Balaban J connectivity index is 2.12. The van der Waals surface area contributed by atoms with Gasteiger partial charge in [-0.05, 0) is 18.6 Å². The van der Waals surface area contributed by atoms with Crippen LogP contribution in [0, 0.1) is 0 Å². The van der Waals surface area contributed by atoms with Crippen molar-refractivity contribution in [2.24, 2.45) is 5.73 Å². The number of likely N-dealkylation sites (N-methyl/N-ethyl adjacent to an activating group) is 1. The first-order chi connectivity index (χ1) is 8.97. The van der Waals surface area contributed by atoms with Gasteiger partial charge in [0.25, 0.3) is 5.91 Å². The monoisotopic (exact) mass is 263 g/mol. The summed E-state index contributed by atoms with van der Waals surface area (Å²) in [5.74, 6) is -0.0343. The first-order valence-electron chi connectivity index (χ1n) is 6.04. The average molecular weight is 263 g/mol. The summed E-state index contributed by atoms with van der Waals surface area (Å²) in [7, 11) is 1.76. The maximum atomic E-state index is 11.4. The molecule has 2 rings (SSSR count). The molecule has 1 fully saturated rings. The van der Waals surface area contributed by atoms with E-state index in [0.717, 1.165) is 0 Å². The number of nitrogen functional groups attached to an aromatic ring is 1. The number of nitrogens with zero attached hydrogens (tertiary/aromatic N) is 2. The highest BCUT2D eigenvalue weighted by Gasteiger charge is 2.23. The van der Waals surface area contributed by atoms with Crippen LogP contribution in [0.5, 0.6) is 0 Å². The van der Waals surface area contributed by atoms with Crippen LogP contribution in [0.1, 0.15) is 23.3 Å². The summed E-state index contributed by atoms with van der Waals surface area (Å²) < 4.78 is 0. The van der Waals surface area contributed by atoms with Gasteiger partial charge >= 0.3 is 0 Å². The Morgan fingerprint density at radius 1 is 1.53 bits per heavy atom. The minimum Gasteiger partial charge on any atom is -0.396 e. The van der Waals surface area contributed by atoms with Crippen molar-refractivity contribution < 1.29 is 9.59 Å². The zero-order valence-electron chi connectivity index (χ0n) is 10.7. The van der Waals surface area contributed by atoms with E-state index in [0.29, 0.717) is 30.9 Å². The SMILES string of the molecule is CN1CC(Nc2nc(C(N)=O)ccc2N)CCC1=O. The second kappa shape index (κ2) is 5.13. The minimum atomic E-state index is -0.598. The first-order valence-corrected chi connectivity index (χ1v) is 6.04. The lowest BCUT2D eigenvalue weighted by Crippen LogP contribution is -2.43. The maximum Gasteiger partial charge on any atom is 0.267 e. The number of aromatic nitrogens is 1. The Morgan fingerprint density at radius 2 is 2.26 bits per heavy atom. The van der Waals surface area contributed by atoms with Crippen molar-refractivity contribution in [3.8, 4) is 0 Å². The largest absolute Gasteiger partial charge is 0.396 e. The van der Waals surface area contributed by atoms with Gasteiger partial charge < -0.3 is 21.7 Å². The van der Waals surface area contributed by atoms with E-state index >= 15 is 0 Å². The van der Waals surface area contributed by atoms with Crippen LogP contribution in [-0.4, -0.2) is 41.3 Å². The standard InChI is InChI=1S/C12H17N5O2/c1-17-6-7(2-5-10(17)18)15-12-8(13)3-4-9(16-12)11(14)19/h3-4,7H,2,5-6,13H2,1H3,(H2,14,19)(H,15,16). The molecule has 1 aromatic rings. The van der Waals surface area contributed by atoms with Crippen molar-refractivity contribution in [3.63, 3.8) is 0 Å². The fourth-order valence-electron chi connectivity index (χ4n) is 2.05. The van der Waals surface area contributed by atoms with Crippen LogP contribution in [0.25, 0.3) is 0 Å². The molecule has 1 aliphatic heterocycles. The van der Waals surface area contributed by atoms with Crippen molar-refractivity contribution in [2.75, 3.05) is 24.6 Å². The zero-order valence-corrected chi connectivity index (χ0v) is 10.7. The van der Waals surface area contributed by atoms with Crippen LogP contribution in [0.3, 0.4) is 0 Å². The van der Waals surface area contributed by atoms with Gasteiger partial charge in [-0.2, -0.15) is 0 Å². The molecule has 0 aromatic carbocycles. The lowest BCUT2D eigenvalue weighted by atomic mass is 10.1. The third-order valence-corrected chi connectivity index (χ3v) is 3.15. The van der Waals surface area contributed by atoms with Crippen molar-refractivity contribution in [2.45, 2.75) is 18.9 Å². The topological polar surface area (TPSA) is 114 Å². The zero-order chi connectivity index (χ0) is 14.0. The average Bonchev–Trinajstić information content (AvgIpc) is 2.36. The Morgan fingerprint density at radius 3 is 2.89 bits per heavy atom. The van der Waals surface area contributed by atoms with E-state index in [2.05, 4.69) is 10.3 Å². The molecular weight excluding hydrogens is 246 g/mol. The van der Waals surface area contributed by atoms with Gasteiger partial charge in [0.2, 0.25) is 5.91 Å². The highest BCUT2D eigenvalue weighted by atomic mass is 16.2. The fourth-order valence-corrected chi connectivity index (χ4v) is 2.05. The molecule has 0 spiro atoms. The van der Waals surface area contributed by atoms with Gasteiger partial charge in [0.15, 0.2) is 0 Å². The lowest BCUT2D eigenvalue weighted by Gasteiger charge is -2.30. The van der Waals surface area contributed by atoms with Crippen LogP contribution in [0.2, 0.25) is 0 Å². The smallest absolute Gasteiger partial charge is 0.267 e. The highest BCUT2D eigenvalue weighted by Crippen LogP contribution is 2.20.